The van der Waals surface area contributed by atoms with Crippen molar-refractivity contribution >= 4 is 0 Å². The normalized spacial score (nSPS) is 37.2. The molecule has 2 N–H and O–H groups in total. The fourth-order valence-electron chi connectivity index (χ4n) is 3.56. The van der Waals surface area contributed by atoms with E-state index < -0.39 is 0 Å². The van der Waals surface area contributed by atoms with Gasteiger partial charge in [0, 0.05) is 19.1 Å². The van der Waals surface area contributed by atoms with Crippen LogP contribution in [0.1, 0.15) is 38.5 Å². The number of nitrogens with zero attached hydrogens (tertiary/aromatic N) is 1. The summed E-state index contributed by atoms with van der Waals surface area (Å²) in [6, 6.07) is 0.783. The van der Waals surface area contributed by atoms with Gasteiger partial charge in [-0.2, -0.15) is 0 Å². The molecule has 17 heavy (non-hydrogen) atoms. The number of likely N-dealkylation sites (tertiary alicyclic amines) is 1. The van der Waals surface area contributed by atoms with Gasteiger partial charge in [-0.15, -0.1) is 0 Å². The monoisotopic (exact) mass is 238 g/mol. The van der Waals surface area contributed by atoms with Crippen LogP contribution in [0.15, 0.2) is 0 Å². The third-order valence-corrected chi connectivity index (χ3v) is 4.88. The molecule has 0 aromatic carbocycles. The molecule has 1 aliphatic carbocycles. The van der Waals surface area contributed by atoms with E-state index in [0.717, 1.165) is 31.5 Å². The molecule has 3 fully saturated rings. The van der Waals surface area contributed by atoms with Gasteiger partial charge in [-0.05, 0) is 50.6 Å². The fraction of sp³-hybridized carbons (Fsp3) is 1.00. The number of piperidine rings is 2. The summed E-state index contributed by atoms with van der Waals surface area (Å²) < 4.78 is 0. The van der Waals surface area contributed by atoms with Gasteiger partial charge >= 0.3 is 0 Å². The second kappa shape index (κ2) is 5.25. The third-order valence-electron chi connectivity index (χ3n) is 4.88. The van der Waals surface area contributed by atoms with Crippen molar-refractivity contribution < 1.29 is 5.11 Å². The molecule has 0 aromatic heterocycles. The average molecular weight is 238 g/mol. The minimum atomic E-state index is -0.0198. The minimum Gasteiger partial charge on any atom is -0.393 e. The zero-order valence-electron chi connectivity index (χ0n) is 10.8. The summed E-state index contributed by atoms with van der Waals surface area (Å²) in [5, 5.41) is 13.6. The number of rotatable bonds is 3. The molecule has 0 aromatic rings. The van der Waals surface area contributed by atoms with Crippen LogP contribution in [0, 0.1) is 11.8 Å². The highest BCUT2D eigenvalue weighted by Gasteiger charge is 2.35. The summed E-state index contributed by atoms with van der Waals surface area (Å²) in [4.78, 5) is 2.67. The first-order valence-electron chi connectivity index (χ1n) is 7.46. The van der Waals surface area contributed by atoms with Gasteiger partial charge in [-0.25, -0.2) is 0 Å². The van der Waals surface area contributed by atoms with Crippen molar-refractivity contribution in [3.63, 3.8) is 0 Å². The maximum absolute atomic E-state index is 10.1. The summed E-state index contributed by atoms with van der Waals surface area (Å²) >= 11 is 0. The van der Waals surface area contributed by atoms with Crippen molar-refractivity contribution in [3.05, 3.63) is 0 Å². The van der Waals surface area contributed by atoms with Crippen LogP contribution in [0.4, 0.5) is 0 Å². The van der Waals surface area contributed by atoms with Crippen LogP contribution in [0.5, 0.6) is 0 Å². The minimum absolute atomic E-state index is 0.0198. The molecule has 2 aliphatic heterocycles. The lowest BCUT2D eigenvalue weighted by atomic mass is 9.88. The summed E-state index contributed by atoms with van der Waals surface area (Å²) in [7, 11) is 0. The molecule has 2 saturated heterocycles. The molecule has 98 valence electrons. The Morgan fingerprint density at radius 1 is 1.06 bits per heavy atom. The van der Waals surface area contributed by atoms with Crippen LogP contribution in [-0.4, -0.2) is 48.3 Å². The van der Waals surface area contributed by atoms with Gasteiger partial charge < -0.3 is 10.4 Å². The van der Waals surface area contributed by atoms with E-state index in [4.69, 9.17) is 0 Å². The number of nitrogens with one attached hydrogen (secondary N) is 1. The molecule has 1 saturated carbocycles. The molecule has 0 amide bonds. The summed E-state index contributed by atoms with van der Waals surface area (Å²) in [5.41, 5.74) is 0. The Hall–Kier alpha value is -0.120. The van der Waals surface area contributed by atoms with Crippen molar-refractivity contribution in [2.24, 2.45) is 11.8 Å². The Labute approximate surface area is 105 Å². The fourth-order valence-corrected chi connectivity index (χ4v) is 3.56. The number of aliphatic hydroxyl groups is 1. The second-order valence-electron chi connectivity index (χ2n) is 6.27. The van der Waals surface area contributed by atoms with Crippen LogP contribution in [0.2, 0.25) is 0 Å². The number of aliphatic hydroxyl groups excluding tert-OH is 1. The number of hydrogen-bond acceptors (Lipinski definition) is 3. The zero-order valence-corrected chi connectivity index (χ0v) is 10.8. The van der Waals surface area contributed by atoms with E-state index in [1.165, 1.54) is 45.2 Å². The van der Waals surface area contributed by atoms with Gasteiger partial charge in [0.25, 0.3) is 0 Å². The van der Waals surface area contributed by atoms with E-state index in [1.807, 2.05) is 0 Å². The topological polar surface area (TPSA) is 35.5 Å². The molecule has 2 atom stereocenters. The SMILES string of the molecule is O[C@H]1CCN(C2CCNCC2)C[C@@H]1CC1CC1. The molecule has 2 heterocycles. The third kappa shape index (κ3) is 3.01. The first-order valence-corrected chi connectivity index (χ1v) is 7.46. The van der Waals surface area contributed by atoms with Gasteiger partial charge in [0.1, 0.15) is 0 Å². The van der Waals surface area contributed by atoms with Crippen LogP contribution >= 0.6 is 0 Å². The molecule has 0 unspecified atom stereocenters. The smallest absolute Gasteiger partial charge is 0.0592 e. The molecule has 3 nitrogen and oxygen atoms in total. The molecular weight excluding hydrogens is 212 g/mol. The van der Waals surface area contributed by atoms with E-state index in [0.29, 0.717) is 5.92 Å². The Kier molecular flexibility index (Phi) is 3.69. The highest BCUT2D eigenvalue weighted by molar-refractivity contribution is 4.89. The van der Waals surface area contributed by atoms with Crippen molar-refractivity contribution in [2.75, 3.05) is 26.2 Å². The maximum Gasteiger partial charge on any atom is 0.0592 e. The Morgan fingerprint density at radius 3 is 2.53 bits per heavy atom. The van der Waals surface area contributed by atoms with Gasteiger partial charge in [-0.1, -0.05) is 12.8 Å². The molecule has 3 rings (SSSR count). The van der Waals surface area contributed by atoms with E-state index in [9.17, 15) is 5.11 Å². The molecule has 0 spiro atoms. The van der Waals surface area contributed by atoms with E-state index in [1.54, 1.807) is 0 Å². The van der Waals surface area contributed by atoms with Crippen molar-refractivity contribution in [2.45, 2.75) is 50.7 Å². The number of hydrogen-bond donors (Lipinski definition) is 2. The van der Waals surface area contributed by atoms with Gasteiger partial charge in [0.15, 0.2) is 0 Å². The molecule has 0 bridgehead atoms. The summed E-state index contributed by atoms with van der Waals surface area (Å²) in [6.07, 6.45) is 7.68. The van der Waals surface area contributed by atoms with Crippen LogP contribution in [0.3, 0.4) is 0 Å². The zero-order chi connectivity index (χ0) is 11.7. The predicted octanol–water partition coefficient (Wildman–Crippen LogP) is 1.22. The van der Waals surface area contributed by atoms with E-state index in [2.05, 4.69) is 10.2 Å². The molecule has 0 radical (unpaired) electrons. The van der Waals surface area contributed by atoms with Crippen LogP contribution in [0.25, 0.3) is 0 Å². The lowest BCUT2D eigenvalue weighted by Gasteiger charge is -2.42. The predicted molar refractivity (Wildman–Crippen MR) is 68.9 cm³/mol. The Morgan fingerprint density at radius 2 is 1.82 bits per heavy atom. The summed E-state index contributed by atoms with van der Waals surface area (Å²) in [6.45, 7) is 4.63. The highest BCUT2D eigenvalue weighted by Crippen LogP contribution is 2.38. The molecule has 3 heteroatoms. The van der Waals surface area contributed by atoms with Crippen LogP contribution in [-0.2, 0) is 0 Å². The van der Waals surface area contributed by atoms with Crippen molar-refractivity contribution in [1.29, 1.82) is 0 Å². The van der Waals surface area contributed by atoms with E-state index in [-0.39, 0.29) is 6.10 Å². The lowest BCUT2D eigenvalue weighted by Crippen LogP contribution is -2.51. The first-order chi connectivity index (χ1) is 8.33. The average Bonchev–Trinajstić information content (AvgIpc) is 3.17. The molecule has 3 aliphatic rings. The largest absolute Gasteiger partial charge is 0.393 e. The first kappa shape index (κ1) is 11.9. The van der Waals surface area contributed by atoms with Crippen molar-refractivity contribution in [1.82, 2.24) is 10.2 Å². The van der Waals surface area contributed by atoms with Crippen molar-refractivity contribution in [3.8, 4) is 0 Å². The highest BCUT2D eigenvalue weighted by atomic mass is 16.3. The summed E-state index contributed by atoms with van der Waals surface area (Å²) in [5.74, 6) is 1.51. The van der Waals surface area contributed by atoms with Gasteiger partial charge in [0.05, 0.1) is 6.10 Å². The quantitative estimate of drug-likeness (QED) is 0.776. The Balaban J connectivity index is 1.54. The standard InChI is InChI=1S/C14H26N2O/c17-14-5-8-16(13-3-6-15-7-4-13)10-12(14)9-11-1-2-11/h11-15,17H,1-10H2/t12-,14-/m0/s1. The lowest BCUT2D eigenvalue weighted by molar-refractivity contribution is -0.00115. The maximum atomic E-state index is 10.1. The van der Waals surface area contributed by atoms with Gasteiger partial charge in [-0.3, -0.25) is 4.90 Å². The Bertz CT molecular complexity index is 249. The second-order valence-corrected chi connectivity index (χ2v) is 6.27. The van der Waals surface area contributed by atoms with Crippen LogP contribution < -0.4 is 5.32 Å². The molecular formula is C14H26N2O. The van der Waals surface area contributed by atoms with Gasteiger partial charge in [0.2, 0.25) is 0 Å². The van der Waals surface area contributed by atoms with E-state index >= 15 is 0 Å².